The summed E-state index contributed by atoms with van der Waals surface area (Å²) in [5, 5.41) is 4.26. The van der Waals surface area contributed by atoms with Gasteiger partial charge in [0.1, 0.15) is 5.82 Å². The molecule has 1 unspecified atom stereocenters. The first kappa shape index (κ1) is 17.5. The van der Waals surface area contributed by atoms with Crippen molar-refractivity contribution in [2.24, 2.45) is 11.7 Å². The molecular weight excluding hydrogens is 322 g/mol. The topological polar surface area (TPSA) is 101 Å². The van der Waals surface area contributed by atoms with Gasteiger partial charge >= 0.3 is 6.03 Å². The third-order valence-electron chi connectivity index (χ3n) is 4.65. The molecule has 8 heteroatoms. The molecular formula is C17H25N5O3. The molecule has 3 N–H and O–H groups in total. The van der Waals surface area contributed by atoms with Crippen molar-refractivity contribution < 1.29 is 14.4 Å². The van der Waals surface area contributed by atoms with Gasteiger partial charge in [0, 0.05) is 31.4 Å². The number of hydroxylamine groups is 2. The lowest BCUT2D eigenvalue weighted by molar-refractivity contribution is -0.139. The molecule has 3 amide bonds. The predicted octanol–water partition coefficient (Wildman–Crippen LogP) is 1.02. The molecule has 1 aromatic rings. The summed E-state index contributed by atoms with van der Waals surface area (Å²) in [6, 6.07) is 3.55. The van der Waals surface area contributed by atoms with Crippen LogP contribution >= 0.6 is 0 Å². The van der Waals surface area contributed by atoms with Crippen LogP contribution in [0.15, 0.2) is 18.3 Å². The summed E-state index contributed by atoms with van der Waals surface area (Å²) in [7, 11) is 0. The number of hydrogen-bond acceptors (Lipinski definition) is 5. The normalized spacial score (nSPS) is 21.0. The lowest BCUT2D eigenvalue weighted by Gasteiger charge is -2.33. The van der Waals surface area contributed by atoms with Gasteiger partial charge in [-0.2, -0.15) is 0 Å². The van der Waals surface area contributed by atoms with Crippen molar-refractivity contribution in [3.8, 4) is 0 Å². The zero-order valence-corrected chi connectivity index (χ0v) is 14.3. The Morgan fingerprint density at radius 1 is 1.32 bits per heavy atom. The van der Waals surface area contributed by atoms with E-state index in [0.717, 1.165) is 43.6 Å². The second-order valence-corrected chi connectivity index (χ2v) is 6.47. The molecule has 2 aliphatic heterocycles. The SMILES string of the molecule is NC(=O)C1CCCN(c2ncccc2CNC(=O)N2CCCCO2)C1. The summed E-state index contributed by atoms with van der Waals surface area (Å²) in [4.78, 5) is 35.6. The summed E-state index contributed by atoms with van der Waals surface area (Å²) >= 11 is 0. The molecule has 2 aliphatic rings. The van der Waals surface area contributed by atoms with Crippen LogP contribution in [0.5, 0.6) is 0 Å². The third kappa shape index (κ3) is 4.39. The van der Waals surface area contributed by atoms with E-state index >= 15 is 0 Å². The number of carbonyl (C=O) groups is 2. The number of hydrogen-bond donors (Lipinski definition) is 2. The van der Waals surface area contributed by atoms with Gasteiger partial charge in [-0.1, -0.05) is 6.07 Å². The van der Waals surface area contributed by atoms with Crippen LogP contribution < -0.4 is 16.0 Å². The molecule has 0 saturated carbocycles. The number of pyridine rings is 1. The smallest absolute Gasteiger partial charge is 0.341 e. The van der Waals surface area contributed by atoms with Crippen molar-refractivity contribution in [2.45, 2.75) is 32.2 Å². The van der Waals surface area contributed by atoms with E-state index in [9.17, 15) is 9.59 Å². The first-order valence-electron chi connectivity index (χ1n) is 8.81. The van der Waals surface area contributed by atoms with E-state index in [1.165, 1.54) is 5.06 Å². The maximum Gasteiger partial charge on any atom is 0.341 e. The van der Waals surface area contributed by atoms with Crippen molar-refractivity contribution in [3.05, 3.63) is 23.9 Å². The van der Waals surface area contributed by atoms with Gasteiger partial charge in [-0.05, 0) is 31.7 Å². The molecule has 0 bridgehead atoms. The minimum Gasteiger partial charge on any atom is -0.369 e. The van der Waals surface area contributed by atoms with Crippen molar-refractivity contribution in [3.63, 3.8) is 0 Å². The van der Waals surface area contributed by atoms with Gasteiger partial charge in [0.2, 0.25) is 5.91 Å². The minimum atomic E-state index is -0.266. The second-order valence-electron chi connectivity index (χ2n) is 6.47. The first-order valence-corrected chi connectivity index (χ1v) is 8.81. The Hall–Kier alpha value is -2.35. The van der Waals surface area contributed by atoms with Crippen LogP contribution in [0, 0.1) is 5.92 Å². The number of amides is 3. The average molecular weight is 347 g/mol. The second kappa shape index (κ2) is 8.15. The maximum absolute atomic E-state index is 12.2. The lowest BCUT2D eigenvalue weighted by atomic mass is 9.97. The van der Waals surface area contributed by atoms with E-state index in [4.69, 9.17) is 10.6 Å². The van der Waals surface area contributed by atoms with Crippen LogP contribution in [0.2, 0.25) is 0 Å². The number of nitrogens with two attached hydrogens (primary N) is 1. The molecule has 8 nitrogen and oxygen atoms in total. The lowest BCUT2D eigenvalue weighted by Crippen LogP contribution is -2.43. The Morgan fingerprint density at radius 2 is 2.20 bits per heavy atom. The number of nitrogens with one attached hydrogen (secondary N) is 1. The van der Waals surface area contributed by atoms with Crippen LogP contribution in [0.25, 0.3) is 0 Å². The fourth-order valence-corrected chi connectivity index (χ4v) is 3.27. The van der Waals surface area contributed by atoms with Gasteiger partial charge < -0.3 is 16.0 Å². The molecule has 0 aliphatic carbocycles. The minimum absolute atomic E-state index is 0.153. The van der Waals surface area contributed by atoms with Crippen LogP contribution in [-0.4, -0.2) is 48.2 Å². The van der Waals surface area contributed by atoms with E-state index in [0.29, 0.717) is 26.2 Å². The Balaban J connectivity index is 1.64. The number of primary amides is 1. The predicted molar refractivity (Wildman–Crippen MR) is 92.5 cm³/mol. The molecule has 0 radical (unpaired) electrons. The van der Waals surface area contributed by atoms with E-state index < -0.39 is 0 Å². The van der Waals surface area contributed by atoms with Gasteiger partial charge in [-0.25, -0.2) is 14.8 Å². The summed E-state index contributed by atoms with van der Waals surface area (Å²) in [6.45, 7) is 2.95. The number of rotatable bonds is 4. The molecule has 2 saturated heterocycles. The number of urea groups is 1. The molecule has 3 heterocycles. The quantitative estimate of drug-likeness (QED) is 0.847. The van der Waals surface area contributed by atoms with Crippen LogP contribution in [0.1, 0.15) is 31.2 Å². The number of aromatic nitrogens is 1. The van der Waals surface area contributed by atoms with Gasteiger partial charge in [-0.3, -0.25) is 9.63 Å². The Bertz CT molecular complexity index is 618. The molecule has 1 atom stereocenters. The number of anilines is 1. The average Bonchev–Trinajstić information content (AvgIpc) is 2.67. The van der Waals surface area contributed by atoms with E-state index in [-0.39, 0.29) is 17.9 Å². The van der Waals surface area contributed by atoms with Gasteiger partial charge in [0.15, 0.2) is 0 Å². The zero-order chi connectivity index (χ0) is 17.6. The van der Waals surface area contributed by atoms with E-state index in [1.54, 1.807) is 6.20 Å². The zero-order valence-electron chi connectivity index (χ0n) is 14.3. The molecule has 0 spiro atoms. The highest BCUT2D eigenvalue weighted by molar-refractivity contribution is 5.77. The highest BCUT2D eigenvalue weighted by atomic mass is 16.7. The van der Waals surface area contributed by atoms with Gasteiger partial charge in [-0.15, -0.1) is 0 Å². The van der Waals surface area contributed by atoms with Crippen LogP contribution in [0.3, 0.4) is 0 Å². The summed E-state index contributed by atoms with van der Waals surface area (Å²) in [5.74, 6) is 0.381. The Kier molecular flexibility index (Phi) is 5.70. The molecule has 3 rings (SSSR count). The van der Waals surface area contributed by atoms with Crippen molar-refractivity contribution >= 4 is 17.8 Å². The summed E-state index contributed by atoms with van der Waals surface area (Å²) in [5.41, 5.74) is 6.38. The number of piperidine rings is 1. The standard InChI is InChI=1S/C17H25N5O3/c18-15(23)14-6-4-8-21(12-14)16-13(5-3-7-19-16)11-20-17(24)22-9-1-2-10-25-22/h3,5,7,14H,1-2,4,6,8-12H2,(H2,18,23)(H,20,24). The first-order chi connectivity index (χ1) is 12.1. The van der Waals surface area contributed by atoms with Crippen molar-refractivity contribution in [1.29, 1.82) is 0 Å². The summed E-state index contributed by atoms with van der Waals surface area (Å²) < 4.78 is 0. The maximum atomic E-state index is 12.2. The highest BCUT2D eigenvalue weighted by Gasteiger charge is 2.26. The van der Waals surface area contributed by atoms with Gasteiger partial charge in [0.05, 0.1) is 19.1 Å². The number of carbonyl (C=O) groups excluding carboxylic acids is 2. The van der Waals surface area contributed by atoms with Crippen LogP contribution in [0.4, 0.5) is 10.6 Å². The number of nitrogens with zero attached hydrogens (tertiary/aromatic N) is 3. The Morgan fingerprint density at radius 3 is 2.96 bits per heavy atom. The molecule has 136 valence electrons. The van der Waals surface area contributed by atoms with E-state index in [1.807, 2.05) is 12.1 Å². The molecule has 1 aromatic heterocycles. The highest BCUT2D eigenvalue weighted by Crippen LogP contribution is 2.24. The van der Waals surface area contributed by atoms with Crippen molar-refractivity contribution in [1.82, 2.24) is 15.4 Å². The molecule has 0 aromatic carbocycles. The third-order valence-corrected chi connectivity index (χ3v) is 4.65. The Labute approximate surface area is 147 Å². The fraction of sp³-hybridized carbons (Fsp3) is 0.588. The van der Waals surface area contributed by atoms with Crippen molar-refractivity contribution in [2.75, 3.05) is 31.1 Å². The molecule has 2 fully saturated rings. The molecule has 25 heavy (non-hydrogen) atoms. The van der Waals surface area contributed by atoms with Crippen LogP contribution in [-0.2, 0) is 16.2 Å². The monoisotopic (exact) mass is 347 g/mol. The summed E-state index contributed by atoms with van der Waals surface area (Å²) in [6.07, 6.45) is 5.37. The van der Waals surface area contributed by atoms with E-state index in [2.05, 4.69) is 15.2 Å². The fourth-order valence-electron chi connectivity index (χ4n) is 3.27. The van der Waals surface area contributed by atoms with Gasteiger partial charge in [0.25, 0.3) is 0 Å². The largest absolute Gasteiger partial charge is 0.369 e.